The lowest BCUT2D eigenvalue weighted by atomic mass is 9.97. The lowest BCUT2D eigenvalue weighted by Crippen LogP contribution is -2.13. The zero-order valence-electron chi connectivity index (χ0n) is 10.8. The average Bonchev–Trinajstić information content (AvgIpc) is 2.79. The summed E-state index contributed by atoms with van der Waals surface area (Å²) in [6.07, 6.45) is -0.160. The minimum atomic E-state index is -0.426. The van der Waals surface area contributed by atoms with Gasteiger partial charge in [0.2, 0.25) is 0 Å². The maximum absolute atomic E-state index is 11.2. The molecular formula is C13H15Cl2NO3. The van der Waals surface area contributed by atoms with E-state index in [9.17, 15) is 4.79 Å². The number of rotatable bonds is 4. The minimum Gasteiger partial charge on any atom is -0.496 e. The molecule has 0 radical (unpaired) electrons. The molecule has 104 valence electrons. The molecule has 1 amide bonds. The van der Waals surface area contributed by atoms with Gasteiger partial charge in [-0.05, 0) is 30.5 Å². The van der Waals surface area contributed by atoms with Gasteiger partial charge in [0.25, 0.3) is 0 Å². The zero-order chi connectivity index (χ0) is 14.0. The van der Waals surface area contributed by atoms with Crippen LogP contribution in [0.15, 0.2) is 6.07 Å². The Labute approximate surface area is 122 Å². The predicted molar refractivity (Wildman–Crippen MR) is 74.4 cm³/mol. The Morgan fingerprint density at radius 3 is 2.84 bits per heavy atom. The van der Waals surface area contributed by atoms with E-state index >= 15 is 0 Å². The van der Waals surface area contributed by atoms with Crippen LogP contribution in [0.25, 0.3) is 0 Å². The van der Waals surface area contributed by atoms with Gasteiger partial charge in [0.05, 0.1) is 13.7 Å². The molecule has 1 aliphatic rings. The number of halogens is 2. The number of hydrogen-bond donors (Lipinski definition) is 1. The van der Waals surface area contributed by atoms with Gasteiger partial charge in [0.15, 0.2) is 0 Å². The monoisotopic (exact) mass is 303 g/mol. The van der Waals surface area contributed by atoms with Crippen LogP contribution >= 0.6 is 23.2 Å². The van der Waals surface area contributed by atoms with Gasteiger partial charge in [0.1, 0.15) is 11.9 Å². The molecule has 0 aromatic heterocycles. The van der Waals surface area contributed by atoms with Crippen molar-refractivity contribution in [1.82, 2.24) is 5.32 Å². The van der Waals surface area contributed by atoms with Crippen LogP contribution in [0.1, 0.15) is 22.8 Å². The SMILES string of the molecule is COc1c(CCCl)cc(Cl)c(C)c1C1CNC(=O)O1. The van der Waals surface area contributed by atoms with Crippen molar-refractivity contribution in [1.29, 1.82) is 0 Å². The van der Waals surface area contributed by atoms with Gasteiger partial charge in [0, 0.05) is 16.5 Å². The number of amides is 1. The number of carbonyl (C=O) groups is 1. The van der Waals surface area contributed by atoms with E-state index in [-0.39, 0.29) is 6.10 Å². The molecule has 6 heteroatoms. The van der Waals surface area contributed by atoms with Crippen molar-refractivity contribution >= 4 is 29.3 Å². The van der Waals surface area contributed by atoms with Crippen LogP contribution < -0.4 is 10.1 Å². The normalized spacial score (nSPS) is 18.1. The second-order valence-electron chi connectivity index (χ2n) is 4.30. The first-order valence-corrected chi connectivity index (χ1v) is 6.86. The maximum atomic E-state index is 11.2. The first-order valence-electron chi connectivity index (χ1n) is 5.94. The van der Waals surface area contributed by atoms with Crippen LogP contribution in [-0.4, -0.2) is 25.6 Å². The zero-order valence-corrected chi connectivity index (χ0v) is 12.3. The Balaban J connectivity index is 2.52. The minimum absolute atomic E-state index is 0.379. The molecule has 1 aromatic carbocycles. The molecule has 1 saturated heterocycles. The number of carbonyl (C=O) groups excluding carboxylic acids is 1. The average molecular weight is 304 g/mol. The summed E-state index contributed by atoms with van der Waals surface area (Å²) in [7, 11) is 1.59. The Hall–Kier alpha value is -1.13. The summed E-state index contributed by atoms with van der Waals surface area (Å²) in [6.45, 7) is 2.30. The third-order valence-corrected chi connectivity index (χ3v) is 3.75. The summed E-state index contributed by atoms with van der Waals surface area (Å²) >= 11 is 12.0. The summed E-state index contributed by atoms with van der Waals surface area (Å²) in [5, 5.41) is 3.26. The summed E-state index contributed by atoms with van der Waals surface area (Å²) < 4.78 is 10.7. The molecule has 0 bridgehead atoms. The fourth-order valence-corrected chi connectivity index (χ4v) is 2.70. The fourth-order valence-electron chi connectivity index (χ4n) is 2.26. The molecule has 1 fully saturated rings. The summed E-state index contributed by atoms with van der Waals surface area (Å²) in [6, 6.07) is 1.85. The Morgan fingerprint density at radius 2 is 2.32 bits per heavy atom. The van der Waals surface area contributed by atoms with E-state index in [4.69, 9.17) is 32.7 Å². The highest BCUT2D eigenvalue weighted by molar-refractivity contribution is 6.31. The van der Waals surface area contributed by atoms with Gasteiger partial charge in [-0.15, -0.1) is 11.6 Å². The molecule has 1 aromatic rings. The van der Waals surface area contributed by atoms with Crippen LogP contribution in [-0.2, 0) is 11.2 Å². The topological polar surface area (TPSA) is 47.6 Å². The van der Waals surface area contributed by atoms with Crippen molar-refractivity contribution in [3.05, 3.63) is 27.8 Å². The Kier molecular flexibility index (Phi) is 4.42. The molecule has 1 unspecified atom stereocenters. The van der Waals surface area contributed by atoms with E-state index in [0.29, 0.717) is 29.6 Å². The van der Waals surface area contributed by atoms with Crippen LogP contribution in [0.3, 0.4) is 0 Å². The fraction of sp³-hybridized carbons (Fsp3) is 0.462. The second-order valence-corrected chi connectivity index (χ2v) is 5.09. The second kappa shape index (κ2) is 5.88. The van der Waals surface area contributed by atoms with Crippen LogP contribution in [0.2, 0.25) is 5.02 Å². The van der Waals surface area contributed by atoms with Gasteiger partial charge in [-0.3, -0.25) is 0 Å². The standard InChI is InChI=1S/C13H15Cl2NO3/c1-7-9(15)5-8(3-4-14)12(18-2)11(7)10-6-16-13(17)19-10/h5,10H,3-4,6H2,1-2H3,(H,16,17). The third kappa shape index (κ3) is 2.74. The van der Waals surface area contributed by atoms with E-state index in [2.05, 4.69) is 5.32 Å². The molecule has 0 saturated carbocycles. The van der Waals surface area contributed by atoms with Crippen molar-refractivity contribution in [2.45, 2.75) is 19.4 Å². The number of alkyl halides is 1. The largest absolute Gasteiger partial charge is 0.496 e. The quantitative estimate of drug-likeness (QED) is 0.869. The first kappa shape index (κ1) is 14.3. The molecule has 1 heterocycles. The van der Waals surface area contributed by atoms with E-state index in [1.165, 1.54) is 0 Å². The van der Waals surface area contributed by atoms with Gasteiger partial charge < -0.3 is 14.8 Å². The molecule has 1 N–H and O–H groups in total. The summed E-state index contributed by atoms with van der Waals surface area (Å²) in [4.78, 5) is 11.2. The Morgan fingerprint density at radius 1 is 1.58 bits per heavy atom. The molecule has 2 rings (SSSR count). The van der Waals surface area contributed by atoms with E-state index in [0.717, 1.165) is 16.7 Å². The smallest absolute Gasteiger partial charge is 0.407 e. The highest BCUT2D eigenvalue weighted by Crippen LogP contribution is 2.39. The summed E-state index contributed by atoms with van der Waals surface area (Å²) in [5.74, 6) is 1.17. The van der Waals surface area contributed by atoms with Crippen LogP contribution in [0.5, 0.6) is 5.75 Å². The third-order valence-electron chi connectivity index (χ3n) is 3.17. The number of hydrogen-bond acceptors (Lipinski definition) is 3. The number of alkyl carbamates (subject to hydrolysis) is 1. The summed E-state index contributed by atoms with van der Waals surface area (Å²) in [5.41, 5.74) is 2.60. The lowest BCUT2D eigenvalue weighted by molar-refractivity contribution is 0.139. The van der Waals surface area contributed by atoms with Crippen molar-refractivity contribution < 1.29 is 14.3 Å². The van der Waals surface area contributed by atoms with Gasteiger partial charge in [-0.25, -0.2) is 4.79 Å². The van der Waals surface area contributed by atoms with Crippen molar-refractivity contribution in [2.24, 2.45) is 0 Å². The highest BCUT2D eigenvalue weighted by atomic mass is 35.5. The van der Waals surface area contributed by atoms with E-state index in [1.807, 2.05) is 13.0 Å². The van der Waals surface area contributed by atoms with Crippen molar-refractivity contribution in [3.8, 4) is 5.75 Å². The highest BCUT2D eigenvalue weighted by Gasteiger charge is 2.30. The number of aryl methyl sites for hydroxylation is 1. The van der Waals surface area contributed by atoms with Crippen LogP contribution in [0.4, 0.5) is 4.79 Å². The Bertz CT molecular complexity index is 505. The molecule has 0 aliphatic carbocycles. The molecule has 1 atom stereocenters. The van der Waals surface area contributed by atoms with Gasteiger partial charge >= 0.3 is 6.09 Å². The molecule has 19 heavy (non-hydrogen) atoms. The van der Waals surface area contributed by atoms with E-state index in [1.54, 1.807) is 7.11 Å². The molecule has 0 spiro atoms. The number of methoxy groups -OCH3 is 1. The predicted octanol–water partition coefficient (Wildman–Crippen LogP) is 3.22. The van der Waals surface area contributed by atoms with Crippen molar-refractivity contribution in [3.63, 3.8) is 0 Å². The van der Waals surface area contributed by atoms with Gasteiger partial charge in [-0.1, -0.05) is 11.6 Å². The maximum Gasteiger partial charge on any atom is 0.407 e. The first-order chi connectivity index (χ1) is 9.08. The van der Waals surface area contributed by atoms with E-state index < -0.39 is 6.09 Å². The van der Waals surface area contributed by atoms with Crippen LogP contribution in [0, 0.1) is 6.92 Å². The number of ether oxygens (including phenoxy) is 2. The van der Waals surface area contributed by atoms with Crippen molar-refractivity contribution in [2.75, 3.05) is 19.5 Å². The number of benzene rings is 1. The molecular weight excluding hydrogens is 289 g/mol. The number of nitrogens with one attached hydrogen (secondary N) is 1. The van der Waals surface area contributed by atoms with Gasteiger partial charge in [-0.2, -0.15) is 0 Å². The lowest BCUT2D eigenvalue weighted by Gasteiger charge is -2.20. The number of cyclic esters (lactones) is 1. The molecule has 1 aliphatic heterocycles. The molecule has 4 nitrogen and oxygen atoms in total.